The third-order valence-corrected chi connectivity index (χ3v) is 1.96. The van der Waals surface area contributed by atoms with Crippen molar-refractivity contribution in [3.05, 3.63) is 0 Å². The average Bonchev–Trinajstić information content (AvgIpc) is 2.82. The zero-order chi connectivity index (χ0) is 8.81. The summed E-state index contributed by atoms with van der Waals surface area (Å²) in [6, 6.07) is 0. The van der Waals surface area contributed by atoms with Crippen molar-refractivity contribution in [1.29, 1.82) is 0 Å². The topological polar surface area (TPSA) is 32.5 Å². The number of β-amino-alcohol motifs (C(OH)–C–C–N with tert-alkyl or cyclic N) is 1. The Kier molecular flexibility index (Phi) is 4.58. The molecule has 1 N–H and O–H groups in total. The molecule has 12 heavy (non-hydrogen) atoms. The maximum absolute atomic E-state index is 9.39. The minimum Gasteiger partial charge on any atom is -0.389 e. The van der Waals surface area contributed by atoms with Gasteiger partial charge in [-0.2, -0.15) is 0 Å². The summed E-state index contributed by atoms with van der Waals surface area (Å²) in [5.74, 6) is 0. The first kappa shape index (κ1) is 9.96. The largest absolute Gasteiger partial charge is 0.389 e. The number of rotatable bonds is 7. The summed E-state index contributed by atoms with van der Waals surface area (Å²) >= 11 is 0. The van der Waals surface area contributed by atoms with Gasteiger partial charge in [-0.05, 0) is 6.42 Å². The molecule has 0 bridgehead atoms. The molecule has 1 fully saturated rings. The Morgan fingerprint density at radius 2 is 2.25 bits per heavy atom. The van der Waals surface area contributed by atoms with Crippen molar-refractivity contribution in [2.75, 3.05) is 32.8 Å². The van der Waals surface area contributed by atoms with Gasteiger partial charge in [-0.15, -0.1) is 0 Å². The summed E-state index contributed by atoms with van der Waals surface area (Å²) in [5.41, 5.74) is 0. The second kappa shape index (κ2) is 5.51. The number of hydrogen-bond donors (Lipinski definition) is 1. The third-order valence-electron chi connectivity index (χ3n) is 1.96. The van der Waals surface area contributed by atoms with Crippen molar-refractivity contribution < 1.29 is 9.84 Å². The van der Waals surface area contributed by atoms with Crippen LogP contribution in [0, 0.1) is 0 Å². The van der Waals surface area contributed by atoms with Crippen LogP contribution in [0.25, 0.3) is 0 Å². The van der Waals surface area contributed by atoms with Crippen LogP contribution in [0.3, 0.4) is 0 Å². The number of hydrogen-bond acceptors (Lipinski definition) is 3. The van der Waals surface area contributed by atoms with E-state index in [1.165, 1.54) is 0 Å². The zero-order valence-electron chi connectivity index (χ0n) is 7.83. The van der Waals surface area contributed by atoms with E-state index in [0.717, 1.165) is 39.1 Å². The lowest BCUT2D eigenvalue weighted by molar-refractivity contribution is 0.0292. The fourth-order valence-electron chi connectivity index (χ4n) is 1.07. The molecular weight excluding hydrogens is 154 g/mol. The molecule has 1 saturated heterocycles. The number of aliphatic hydroxyl groups excluding tert-OH is 1. The third kappa shape index (κ3) is 4.70. The van der Waals surface area contributed by atoms with Crippen LogP contribution < -0.4 is 0 Å². The Hall–Kier alpha value is -0.120. The molecule has 1 aliphatic rings. The Morgan fingerprint density at radius 1 is 1.50 bits per heavy atom. The average molecular weight is 173 g/mol. The van der Waals surface area contributed by atoms with Gasteiger partial charge in [-0.1, -0.05) is 13.3 Å². The van der Waals surface area contributed by atoms with Gasteiger partial charge in [0.1, 0.15) is 0 Å². The van der Waals surface area contributed by atoms with Crippen LogP contribution in [0.15, 0.2) is 0 Å². The Morgan fingerprint density at radius 3 is 2.83 bits per heavy atom. The van der Waals surface area contributed by atoms with E-state index in [1.807, 2.05) is 0 Å². The van der Waals surface area contributed by atoms with E-state index in [-0.39, 0.29) is 6.10 Å². The fraction of sp³-hybridized carbons (Fsp3) is 1.00. The summed E-state index contributed by atoms with van der Waals surface area (Å²) in [7, 11) is 0. The van der Waals surface area contributed by atoms with Crippen LogP contribution in [0.2, 0.25) is 0 Å². The molecule has 3 nitrogen and oxygen atoms in total. The summed E-state index contributed by atoms with van der Waals surface area (Å²) in [4.78, 5) is 2.20. The van der Waals surface area contributed by atoms with Crippen molar-refractivity contribution in [2.45, 2.75) is 25.9 Å². The second-order valence-corrected chi connectivity index (χ2v) is 3.38. The Bertz CT molecular complexity index is 115. The van der Waals surface area contributed by atoms with Gasteiger partial charge in [0.25, 0.3) is 0 Å². The Labute approximate surface area is 74.3 Å². The maximum Gasteiger partial charge on any atom is 0.0900 e. The molecule has 0 aromatic carbocycles. The summed E-state index contributed by atoms with van der Waals surface area (Å²) in [6.07, 6.45) is 1.96. The van der Waals surface area contributed by atoms with Crippen LogP contribution in [-0.2, 0) is 4.74 Å². The summed E-state index contributed by atoms with van der Waals surface area (Å²) < 4.78 is 5.29. The molecule has 1 atom stereocenters. The van der Waals surface area contributed by atoms with Crippen LogP contribution >= 0.6 is 0 Å². The van der Waals surface area contributed by atoms with Crippen molar-refractivity contribution in [2.24, 2.45) is 0 Å². The molecule has 0 aliphatic carbocycles. The minimum atomic E-state index is -0.288. The summed E-state index contributed by atoms with van der Waals surface area (Å²) in [5, 5.41) is 9.39. The van der Waals surface area contributed by atoms with Crippen LogP contribution in [0.1, 0.15) is 19.8 Å². The maximum atomic E-state index is 9.39. The van der Waals surface area contributed by atoms with Gasteiger partial charge in [0, 0.05) is 26.2 Å². The molecule has 1 aliphatic heterocycles. The van der Waals surface area contributed by atoms with E-state index >= 15 is 0 Å². The highest BCUT2D eigenvalue weighted by molar-refractivity contribution is 4.75. The molecule has 1 unspecified atom stereocenters. The number of aliphatic hydroxyl groups is 1. The monoisotopic (exact) mass is 173 g/mol. The lowest BCUT2D eigenvalue weighted by Crippen LogP contribution is -2.24. The summed E-state index contributed by atoms with van der Waals surface area (Å²) in [6.45, 7) is 6.49. The highest BCUT2D eigenvalue weighted by Gasteiger charge is 2.20. The molecule has 1 rings (SSSR count). The molecule has 0 saturated carbocycles. The van der Waals surface area contributed by atoms with E-state index in [9.17, 15) is 5.11 Å². The van der Waals surface area contributed by atoms with E-state index in [2.05, 4.69) is 11.8 Å². The first-order chi connectivity index (χ1) is 5.83. The molecular formula is C9H19NO2. The van der Waals surface area contributed by atoms with Crippen LogP contribution in [0.5, 0.6) is 0 Å². The van der Waals surface area contributed by atoms with E-state index < -0.39 is 0 Å². The predicted molar refractivity (Wildman–Crippen MR) is 48.2 cm³/mol. The van der Waals surface area contributed by atoms with E-state index in [1.54, 1.807) is 0 Å². The highest BCUT2D eigenvalue weighted by atomic mass is 16.5. The van der Waals surface area contributed by atoms with Gasteiger partial charge >= 0.3 is 0 Å². The van der Waals surface area contributed by atoms with Gasteiger partial charge in [-0.3, -0.25) is 4.90 Å². The molecule has 0 spiro atoms. The molecule has 0 radical (unpaired) electrons. The van der Waals surface area contributed by atoms with Crippen LogP contribution in [-0.4, -0.2) is 49.0 Å². The fourth-order valence-corrected chi connectivity index (χ4v) is 1.07. The quantitative estimate of drug-likeness (QED) is 0.449. The number of ether oxygens (including phenoxy) is 1. The van der Waals surface area contributed by atoms with E-state index in [4.69, 9.17) is 4.74 Å². The molecule has 3 heteroatoms. The van der Waals surface area contributed by atoms with Gasteiger partial charge in [0.2, 0.25) is 0 Å². The van der Waals surface area contributed by atoms with Gasteiger partial charge < -0.3 is 9.84 Å². The normalized spacial score (nSPS) is 19.5. The lowest BCUT2D eigenvalue weighted by Gasteiger charge is -2.10. The van der Waals surface area contributed by atoms with Crippen molar-refractivity contribution in [3.8, 4) is 0 Å². The van der Waals surface area contributed by atoms with Crippen molar-refractivity contribution in [1.82, 2.24) is 4.90 Å². The predicted octanol–water partition coefficient (Wildman–Crippen LogP) is 0.480. The Balaban J connectivity index is 1.83. The number of nitrogens with zero attached hydrogens (tertiary/aromatic N) is 1. The van der Waals surface area contributed by atoms with Gasteiger partial charge in [0.05, 0.1) is 12.7 Å². The molecule has 1 heterocycles. The second-order valence-electron chi connectivity index (χ2n) is 3.38. The van der Waals surface area contributed by atoms with Gasteiger partial charge in [-0.25, -0.2) is 0 Å². The van der Waals surface area contributed by atoms with Crippen molar-refractivity contribution in [3.63, 3.8) is 0 Å². The van der Waals surface area contributed by atoms with Gasteiger partial charge in [0.15, 0.2) is 0 Å². The lowest BCUT2D eigenvalue weighted by atomic mass is 10.3. The molecule has 0 aromatic rings. The zero-order valence-corrected chi connectivity index (χ0v) is 7.83. The molecule has 72 valence electrons. The highest BCUT2D eigenvalue weighted by Crippen LogP contribution is 2.04. The first-order valence-corrected chi connectivity index (χ1v) is 4.81. The standard InChI is InChI=1S/C9H19NO2/c1-2-3-6-12-8-9(11)7-10-4-5-10/h9,11H,2-8H2,1H3. The number of unbranched alkanes of at least 4 members (excludes halogenated alkanes) is 1. The first-order valence-electron chi connectivity index (χ1n) is 4.81. The smallest absolute Gasteiger partial charge is 0.0900 e. The van der Waals surface area contributed by atoms with Crippen LogP contribution in [0.4, 0.5) is 0 Å². The van der Waals surface area contributed by atoms with Crippen molar-refractivity contribution >= 4 is 0 Å². The van der Waals surface area contributed by atoms with E-state index in [0.29, 0.717) is 6.61 Å². The SMILES string of the molecule is CCCCOCC(O)CN1CC1. The molecule has 0 aromatic heterocycles. The minimum absolute atomic E-state index is 0.288. The molecule has 0 amide bonds.